The third kappa shape index (κ3) is 2.62. The maximum absolute atomic E-state index is 12.0. The molecule has 1 fully saturated rings. The average Bonchev–Trinajstić information content (AvgIpc) is 3.05. The van der Waals surface area contributed by atoms with E-state index in [1.807, 2.05) is 35.4 Å². The Morgan fingerprint density at radius 2 is 2.00 bits per heavy atom. The van der Waals surface area contributed by atoms with Gasteiger partial charge in [-0.25, -0.2) is 4.68 Å². The first-order chi connectivity index (χ1) is 9.67. The summed E-state index contributed by atoms with van der Waals surface area (Å²) in [7, 11) is 0. The van der Waals surface area contributed by atoms with Crippen LogP contribution in [0.1, 0.15) is 6.42 Å². The molecule has 0 aliphatic carbocycles. The van der Waals surface area contributed by atoms with Crippen LogP contribution in [-0.4, -0.2) is 28.0 Å². The van der Waals surface area contributed by atoms with Crippen LogP contribution >= 0.6 is 28.6 Å². The van der Waals surface area contributed by atoms with Gasteiger partial charge < -0.3 is 4.90 Å². The molecule has 1 aliphatic rings. The molecular weight excluding hydrogens is 338 g/mol. The van der Waals surface area contributed by atoms with Gasteiger partial charge in [0, 0.05) is 24.8 Å². The van der Waals surface area contributed by atoms with E-state index in [2.05, 4.69) is 33.7 Å². The number of hydrogen-bond acceptors (Lipinski definition) is 3. The molecule has 1 aromatic heterocycles. The van der Waals surface area contributed by atoms with Gasteiger partial charge >= 0.3 is 0 Å². The Bertz CT molecular complexity index is 626. The van der Waals surface area contributed by atoms with Crippen molar-refractivity contribution >= 4 is 40.2 Å². The maximum atomic E-state index is 12.0. The van der Waals surface area contributed by atoms with E-state index in [1.54, 1.807) is 10.9 Å². The molecule has 1 aliphatic heterocycles. The topological polar surface area (TPSA) is 38.1 Å². The third-order valence-electron chi connectivity index (χ3n) is 3.44. The van der Waals surface area contributed by atoms with E-state index in [4.69, 9.17) is 0 Å². The minimum absolute atomic E-state index is 0.179. The molecule has 2 heterocycles. The fourth-order valence-corrected chi connectivity index (χ4v) is 2.91. The van der Waals surface area contributed by atoms with Gasteiger partial charge in [0.1, 0.15) is 0 Å². The summed E-state index contributed by atoms with van der Waals surface area (Å²) in [5, 5.41) is 4.23. The zero-order valence-corrected chi connectivity index (χ0v) is 13.2. The molecule has 0 spiro atoms. The van der Waals surface area contributed by atoms with E-state index in [0.29, 0.717) is 12.3 Å². The van der Waals surface area contributed by atoms with Gasteiger partial charge in [0.05, 0.1) is 16.4 Å². The summed E-state index contributed by atoms with van der Waals surface area (Å²) >= 11 is 7.66. The number of halogens is 1. The normalized spacial score (nSPS) is 18.8. The molecule has 1 unspecified atom stereocenters. The number of carbonyl (C=O) groups excluding carboxylic acids is 1. The van der Waals surface area contributed by atoms with Crippen LogP contribution < -0.4 is 4.90 Å². The van der Waals surface area contributed by atoms with Crippen LogP contribution in [0.5, 0.6) is 0 Å². The van der Waals surface area contributed by atoms with E-state index < -0.39 is 0 Å². The zero-order valence-electron chi connectivity index (χ0n) is 10.7. The predicted molar refractivity (Wildman–Crippen MR) is 85.6 cm³/mol. The number of aromatic nitrogens is 2. The van der Waals surface area contributed by atoms with Crippen LogP contribution in [-0.2, 0) is 4.79 Å². The molecular formula is C14H14BrN3OS. The molecule has 104 valence electrons. The van der Waals surface area contributed by atoms with Gasteiger partial charge in [0.2, 0.25) is 5.91 Å². The van der Waals surface area contributed by atoms with Crippen molar-refractivity contribution in [2.45, 2.75) is 6.42 Å². The third-order valence-corrected chi connectivity index (χ3v) is 4.37. The van der Waals surface area contributed by atoms with Crippen molar-refractivity contribution < 1.29 is 4.79 Å². The van der Waals surface area contributed by atoms with E-state index in [1.165, 1.54) is 0 Å². The lowest BCUT2D eigenvalue weighted by Gasteiger charge is -2.16. The highest BCUT2D eigenvalue weighted by Crippen LogP contribution is 2.26. The highest BCUT2D eigenvalue weighted by molar-refractivity contribution is 9.10. The van der Waals surface area contributed by atoms with Crippen LogP contribution in [0.15, 0.2) is 41.1 Å². The summed E-state index contributed by atoms with van der Waals surface area (Å²) in [6, 6.07) is 7.86. The average molecular weight is 352 g/mol. The minimum atomic E-state index is 0.179. The van der Waals surface area contributed by atoms with Gasteiger partial charge in [-0.05, 0) is 51.9 Å². The molecule has 0 saturated carbocycles. The smallest absolute Gasteiger partial charge is 0.227 e. The number of thiol groups is 1. The lowest BCUT2D eigenvalue weighted by Crippen LogP contribution is -2.24. The number of benzene rings is 1. The van der Waals surface area contributed by atoms with E-state index in [-0.39, 0.29) is 5.91 Å². The molecule has 3 rings (SSSR count). The van der Waals surface area contributed by atoms with Crippen LogP contribution in [0.4, 0.5) is 5.69 Å². The van der Waals surface area contributed by atoms with Crippen LogP contribution in [0.25, 0.3) is 5.69 Å². The number of rotatable bonds is 3. The number of carbonyl (C=O) groups is 1. The second-order valence-electron chi connectivity index (χ2n) is 4.88. The summed E-state index contributed by atoms with van der Waals surface area (Å²) in [6.07, 6.45) is 4.24. The summed E-state index contributed by atoms with van der Waals surface area (Å²) < 4.78 is 2.73. The fourth-order valence-electron chi connectivity index (χ4n) is 2.38. The Labute approximate surface area is 131 Å². The Morgan fingerprint density at radius 3 is 2.55 bits per heavy atom. The lowest BCUT2D eigenvalue weighted by molar-refractivity contribution is -0.117. The highest BCUT2D eigenvalue weighted by atomic mass is 79.9. The first-order valence-corrected chi connectivity index (χ1v) is 7.82. The van der Waals surface area contributed by atoms with Gasteiger partial charge in [-0.1, -0.05) is 0 Å². The standard InChI is InChI=1S/C14H14BrN3OS/c15-11-6-16-18(8-11)13-3-1-12(2-4-13)17-7-10(9-20)5-14(17)19/h1-4,6,8,10,20H,5,7,9H2. The first-order valence-electron chi connectivity index (χ1n) is 6.39. The Balaban J connectivity index is 1.81. The fraction of sp³-hybridized carbons (Fsp3) is 0.286. The molecule has 1 saturated heterocycles. The molecule has 0 N–H and O–H groups in total. The van der Waals surface area contributed by atoms with Crippen molar-refractivity contribution in [1.29, 1.82) is 0 Å². The van der Waals surface area contributed by atoms with E-state index >= 15 is 0 Å². The SMILES string of the molecule is O=C1CC(CS)CN1c1ccc(-n2cc(Br)cn2)cc1. The number of amides is 1. The Morgan fingerprint density at radius 1 is 1.30 bits per heavy atom. The van der Waals surface area contributed by atoms with Crippen molar-refractivity contribution in [2.24, 2.45) is 5.92 Å². The first kappa shape index (κ1) is 13.7. The van der Waals surface area contributed by atoms with Crippen LogP contribution in [0.3, 0.4) is 0 Å². The molecule has 0 radical (unpaired) electrons. The summed E-state index contributed by atoms with van der Waals surface area (Å²) in [4.78, 5) is 13.8. The quantitative estimate of drug-likeness (QED) is 0.863. The van der Waals surface area contributed by atoms with Gasteiger partial charge in [0.25, 0.3) is 0 Å². The van der Waals surface area contributed by atoms with E-state index in [0.717, 1.165) is 28.1 Å². The zero-order chi connectivity index (χ0) is 14.1. The van der Waals surface area contributed by atoms with E-state index in [9.17, 15) is 4.79 Å². The van der Waals surface area contributed by atoms with Crippen molar-refractivity contribution in [3.05, 3.63) is 41.1 Å². The monoisotopic (exact) mass is 351 g/mol. The molecule has 20 heavy (non-hydrogen) atoms. The molecule has 4 nitrogen and oxygen atoms in total. The lowest BCUT2D eigenvalue weighted by atomic mass is 10.1. The molecule has 0 bridgehead atoms. The number of hydrogen-bond donors (Lipinski definition) is 1. The van der Waals surface area contributed by atoms with Crippen molar-refractivity contribution in [1.82, 2.24) is 9.78 Å². The molecule has 2 aromatic rings. The highest BCUT2D eigenvalue weighted by Gasteiger charge is 2.29. The van der Waals surface area contributed by atoms with Gasteiger partial charge in [-0.15, -0.1) is 0 Å². The Hall–Kier alpha value is -1.27. The largest absolute Gasteiger partial charge is 0.312 e. The van der Waals surface area contributed by atoms with Crippen molar-refractivity contribution in [2.75, 3.05) is 17.2 Å². The van der Waals surface area contributed by atoms with Crippen LogP contribution in [0, 0.1) is 5.92 Å². The predicted octanol–water partition coefficient (Wildman–Crippen LogP) is 2.92. The summed E-state index contributed by atoms with van der Waals surface area (Å²) in [5.74, 6) is 1.29. The Kier molecular flexibility index (Phi) is 3.85. The molecule has 1 amide bonds. The number of anilines is 1. The van der Waals surface area contributed by atoms with Crippen molar-refractivity contribution in [3.63, 3.8) is 0 Å². The summed E-state index contributed by atoms with van der Waals surface area (Å²) in [6.45, 7) is 0.759. The second-order valence-corrected chi connectivity index (χ2v) is 6.16. The maximum Gasteiger partial charge on any atom is 0.227 e. The van der Waals surface area contributed by atoms with Gasteiger partial charge in [-0.3, -0.25) is 4.79 Å². The van der Waals surface area contributed by atoms with Gasteiger partial charge in [-0.2, -0.15) is 17.7 Å². The summed E-state index contributed by atoms with van der Waals surface area (Å²) in [5.41, 5.74) is 1.91. The molecule has 1 atom stereocenters. The second kappa shape index (κ2) is 5.61. The molecule has 6 heteroatoms. The number of nitrogens with zero attached hydrogens (tertiary/aromatic N) is 3. The molecule has 1 aromatic carbocycles. The van der Waals surface area contributed by atoms with Gasteiger partial charge in [0.15, 0.2) is 0 Å². The van der Waals surface area contributed by atoms with Crippen LogP contribution in [0.2, 0.25) is 0 Å². The minimum Gasteiger partial charge on any atom is -0.312 e. The van der Waals surface area contributed by atoms with Crippen molar-refractivity contribution in [3.8, 4) is 5.69 Å².